The van der Waals surface area contributed by atoms with E-state index in [2.05, 4.69) is 38.4 Å². The number of amides is 1. The molecule has 1 amide bonds. The van der Waals surface area contributed by atoms with Gasteiger partial charge in [-0.1, -0.05) is 46.3 Å². The fraction of sp³-hybridized carbons (Fsp3) is 0.182. The second kappa shape index (κ2) is 9.33. The standard InChI is InChI=1S/C22H21BrN2O3S/c1-16(7-8-17-5-3-2-4-6-17)25-22(26)18-9-14-21(24-15-18)29(27,28)20-12-10-19(23)11-13-20/h2-6,9-16H,7-8H2,1H3,(H,25,26)/t16-/m1/s1. The smallest absolute Gasteiger partial charge is 0.253 e. The first-order chi connectivity index (χ1) is 13.9. The number of aryl methyl sites for hydroxylation is 1. The largest absolute Gasteiger partial charge is 0.350 e. The van der Waals surface area contributed by atoms with Crippen LogP contribution >= 0.6 is 15.9 Å². The summed E-state index contributed by atoms with van der Waals surface area (Å²) in [5.41, 5.74) is 1.55. The summed E-state index contributed by atoms with van der Waals surface area (Å²) >= 11 is 3.28. The van der Waals surface area contributed by atoms with E-state index < -0.39 is 9.84 Å². The van der Waals surface area contributed by atoms with Gasteiger partial charge in [-0.3, -0.25) is 4.79 Å². The van der Waals surface area contributed by atoms with Crippen LogP contribution in [0.2, 0.25) is 0 Å². The lowest BCUT2D eigenvalue weighted by Gasteiger charge is -2.14. The van der Waals surface area contributed by atoms with Crippen LogP contribution in [0.25, 0.3) is 0 Å². The van der Waals surface area contributed by atoms with Crippen molar-refractivity contribution in [2.75, 3.05) is 0 Å². The Labute approximate surface area is 179 Å². The average molecular weight is 473 g/mol. The molecule has 2 aromatic carbocycles. The second-order valence-electron chi connectivity index (χ2n) is 6.74. The number of benzene rings is 2. The summed E-state index contributed by atoms with van der Waals surface area (Å²) in [6.07, 6.45) is 2.97. The van der Waals surface area contributed by atoms with Gasteiger partial charge in [-0.15, -0.1) is 0 Å². The topological polar surface area (TPSA) is 76.1 Å². The Kier molecular flexibility index (Phi) is 6.82. The Morgan fingerprint density at radius 3 is 2.34 bits per heavy atom. The van der Waals surface area contributed by atoms with Crippen molar-refractivity contribution in [3.05, 3.63) is 88.5 Å². The number of pyridine rings is 1. The van der Waals surface area contributed by atoms with Crippen molar-refractivity contribution in [2.24, 2.45) is 0 Å². The fourth-order valence-electron chi connectivity index (χ4n) is 2.82. The number of aromatic nitrogens is 1. The summed E-state index contributed by atoms with van der Waals surface area (Å²) in [5.74, 6) is -0.273. The van der Waals surface area contributed by atoms with Crippen LogP contribution in [0.1, 0.15) is 29.3 Å². The zero-order valence-corrected chi connectivity index (χ0v) is 18.3. The molecule has 150 valence electrons. The van der Waals surface area contributed by atoms with Gasteiger partial charge in [0.15, 0.2) is 5.03 Å². The number of hydrogen-bond donors (Lipinski definition) is 1. The molecule has 0 aliphatic rings. The lowest BCUT2D eigenvalue weighted by Crippen LogP contribution is -2.33. The molecule has 0 radical (unpaired) electrons. The summed E-state index contributed by atoms with van der Waals surface area (Å²) < 4.78 is 26.1. The van der Waals surface area contributed by atoms with Gasteiger partial charge in [-0.05, 0) is 61.7 Å². The van der Waals surface area contributed by atoms with Crippen molar-refractivity contribution < 1.29 is 13.2 Å². The molecule has 1 heterocycles. The van der Waals surface area contributed by atoms with Gasteiger partial charge in [0.2, 0.25) is 9.84 Å². The van der Waals surface area contributed by atoms with E-state index >= 15 is 0 Å². The van der Waals surface area contributed by atoms with Gasteiger partial charge in [0.25, 0.3) is 5.91 Å². The van der Waals surface area contributed by atoms with Crippen molar-refractivity contribution in [3.8, 4) is 0 Å². The molecule has 0 unspecified atom stereocenters. The summed E-state index contributed by atoms with van der Waals surface area (Å²) in [7, 11) is -3.72. The van der Waals surface area contributed by atoms with Gasteiger partial charge in [-0.25, -0.2) is 13.4 Å². The molecule has 3 aromatic rings. The van der Waals surface area contributed by atoms with E-state index in [1.165, 1.54) is 36.0 Å². The summed E-state index contributed by atoms with van der Waals surface area (Å²) in [6, 6.07) is 19.2. The molecule has 0 saturated heterocycles. The molecule has 0 aliphatic heterocycles. The molecule has 29 heavy (non-hydrogen) atoms. The van der Waals surface area contributed by atoms with Crippen LogP contribution in [0, 0.1) is 0 Å². The average Bonchev–Trinajstić information content (AvgIpc) is 2.73. The number of rotatable bonds is 7. The molecule has 0 fully saturated rings. The highest BCUT2D eigenvalue weighted by atomic mass is 79.9. The Morgan fingerprint density at radius 1 is 1.03 bits per heavy atom. The molecule has 0 bridgehead atoms. The predicted octanol–water partition coefficient (Wildman–Crippen LogP) is 4.43. The maximum Gasteiger partial charge on any atom is 0.253 e. The number of carbonyl (C=O) groups excluding carboxylic acids is 1. The fourth-order valence-corrected chi connectivity index (χ4v) is 4.25. The van der Waals surface area contributed by atoms with Crippen molar-refractivity contribution in [2.45, 2.75) is 35.7 Å². The number of carbonyl (C=O) groups is 1. The minimum absolute atomic E-state index is 0.0196. The molecule has 7 heteroatoms. The zero-order chi connectivity index (χ0) is 20.9. The lowest BCUT2D eigenvalue weighted by atomic mass is 10.1. The molecule has 0 saturated carbocycles. The normalized spacial score (nSPS) is 12.3. The van der Waals surface area contributed by atoms with Crippen molar-refractivity contribution in [3.63, 3.8) is 0 Å². The highest BCUT2D eigenvalue weighted by molar-refractivity contribution is 9.10. The SMILES string of the molecule is C[C@H](CCc1ccccc1)NC(=O)c1ccc(S(=O)(=O)c2ccc(Br)cc2)nc1. The lowest BCUT2D eigenvalue weighted by molar-refractivity contribution is 0.0938. The first-order valence-corrected chi connectivity index (χ1v) is 11.5. The predicted molar refractivity (Wildman–Crippen MR) is 116 cm³/mol. The minimum Gasteiger partial charge on any atom is -0.350 e. The molecule has 1 aromatic heterocycles. The van der Waals surface area contributed by atoms with E-state index in [0.717, 1.165) is 17.3 Å². The van der Waals surface area contributed by atoms with Gasteiger partial charge in [0.05, 0.1) is 10.5 Å². The Balaban J connectivity index is 1.63. The number of halogens is 1. The minimum atomic E-state index is -3.72. The number of hydrogen-bond acceptors (Lipinski definition) is 4. The van der Waals surface area contributed by atoms with Gasteiger partial charge in [0, 0.05) is 16.7 Å². The van der Waals surface area contributed by atoms with Crippen LogP contribution in [0.5, 0.6) is 0 Å². The highest BCUT2D eigenvalue weighted by Gasteiger charge is 2.20. The summed E-state index contributed by atoms with van der Waals surface area (Å²) in [5, 5.41) is 2.84. The van der Waals surface area contributed by atoms with Crippen LogP contribution in [0.15, 0.2) is 87.3 Å². The first-order valence-electron chi connectivity index (χ1n) is 9.18. The van der Waals surface area contributed by atoms with E-state index in [-0.39, 0.29) is 21.9 Å². The number of nitrogens with one attached hydrogen (secondary N) is 1. The highest BCUT2D eigenvalue weighted by Crippen LogP contribution is 2.21. The van der Waals surface area contributed by atoms with Crippen LogP contribution in [0.4, 0.5) is 0 Å². The monoisotopic (exact) mass is 472 g/mol. The van der Waals surface area contributed by atoms with Gasteiger partial charge >= 0.3 is 0 Å². The molecule has 1 N–H and O–H groups in total. The van der Waals surface area contributed by atoms with E-state index in [1.807, 2.05) is 25.1 Å². The van der Waals surface area contributed by atoms with Crippen LogP contribution in [-0.4, -0.2) is 25.4 Å². The van der Waals surface area contributed by atoms with E-state index in [9.17, 15) is 13.2 Å². The summed E-state index contributed by atoms with van der Waals surface area (Å²) in [4.78, 5) is 16.6. The van der Waals surface area contributed by atoms with Crippen LogP contribution < -0.4 is 5.32 Å². The van der Waals surface area contributed by atoms with Crippen molar-refractivity contribution >= 4 is 31.7 Å². The summed E-state index contributed by atoms with van der Waals surface area (Å²) in [6.45, 7) is 1.95. The molecule has 3 rings (SSSR count). The third-order valence-electron chi connectivity index (χ3n) is 4.48. The zero-order valence-electron chi connectivity index (χ0n) is 15.9. The third kappa shape index (κ3) is 5.52. The van der Waals surface area contributed by atoms with E-state index in [1.54, 1.807) is 12.1 Å². The molecule has 1 atom stereocenters. The van der Waals surface area contributed by atoms with E-state index in [4.69, 9.17) is 0 Å². The van der Waals surface area contributed by atoms with Crippen molar-refractivity contribution in [1.29, 1.82) is 0 Å². The molecule has 5 nitrogen and oxygen atoms in total. The molecular formula is C22H21BrN2O3S. The molecule has 0 aliphatic carbocycles. The first kappa shape index (κ1) is 21.2. The maximum atomic E-state index is 12.6. The van der Waals surface area contributed by atoms with Crippen molar-refractivity contribution in [1.82, 2.24) is 10.3 Å². The van der Waals surface area contributed by atoms with Gasteiger partial charge in [-0.2, -0.15) is 0 Å². The van der Waals surface area contributed by atoms with Gasteiger partial charge in [0.1, 0.15) is 0 Å². The Bertz CT molecular complexity index is 1070. The van der Waals surface area contributed by atoms with Gasteiger partial charge < -0.3 is 5.32 Å². The van der Waals surface area contributed by atoms with E-state index in [0.29, 0.717) is 5.56 Å². The number of nitrogens with zero attached hydrogens (tertiary/aromatic N) is 1. The maximum absolute atomic E-state index is 12.6. The Hall–Kier alpha value is -2.51. The number of sulfone groups is 1. The molecule has 0 spiro atoms. The molecular weight excluding hydrogens is 452 g/mol. The Morgan fingerprint density at radius 2 is 1.72 bits per heavy atom. The quantitative estimate of drug-likeness (QED) is 0.551. The second-order valence-corrected chi connectivity index (χ2v) is 9.55. The third-order valence-corrected chi connectivity index (χ3v) is 6.70. The van der Waals surface area contributed by atoms with Crippen LogP contribution in [0.3, 0.4) is 0 Å². The van der Waals surface area contributed by atoms with Crippen LogP contribution in [-0.2, 0) is 16.3 Å².